The number of nitrogens with zero attached hydrogens (tertiary/aromatic N) is 3. The number of ether oxygens (including phenoxy) is 2. The molecule has 2 heterocycles. The topological polar surface area (TPSA) is 90.3 Å². The van der Waals surface area contributed by atoms with Crippen LogP contribution in [0, 0.1) is 13.8 Å². The molecule has 0 radical (unpaired) electrons. The van der Waals surface area contributed by atoms with Crippen molar-refractivity contribution in [2.24, 2.45) is 0 Å². The summed E-state index contributed by atoms with van der Waals surface area (Å²) in [6.45, 7) is 6.19. The van der Waals surface area contributed by atoms with Gasteiger partial charge in [-0.1, -0.05) is 35.9 Å². The molecule has 0 saturated heterocycles. The van der Waals surface area contributed by atoms with Crippen LogP contribution in [0.5, 0.6) is 11.5 Å². The molecule has 1 aliphatic rings. The Labute approximate surface area is 240 Å². The van der Waals surface area contributed by atoms with E-state index in [9.17, 15) is 4.79 Å². The number of fused-ring (bicyclic) bond motifs is 1. The van der Waals surface area contributed by atoms with Gasteiger partial charge in [0.2, 0.25) is 5.95 Å². The molecular weight excluding hydrogens is 582 g/mol. The maximum absolute atomic E-state index is 13.8. The van der Waals surface area contributed by atoms with E-state index in [0.29, 0.717) is 44.8 Å². The molecule has 10 heteroatoms. The Morgan fingerprint density at radius 3 is 2.67 bits per heavy atom. The summed E-state index contributed by atoms with van der Waals surface area (Å²) >= 11 is 9.67. The molecule has 3 aromatic carbocycles. The van der Waals surface area contributed by atoms with Crippen molar-refractivity contribution in [3.8, 4) is 11.5 Å². The van der Waals surface area contributed by atoms with Crippen LogP contribution in [0.3, 0.4) is 0 Å². The van der Waals surface area contributed by atoms with Crippen molar-refractivity contribution in [3.63, 3.8) is 0 Å². The standard InChI is InChI=1S/C29H27BrClN5O3/c1-16-6-5-7-23(17(16)2)35-28(37)25-18(3)34-29-32-15-33-36(29)26(25)20-12-22(30)27(24(13-20)38-4)39-14-19-8-10-21(31)11-9-19/h5-13,15,26H,14H2,1-4H3,(H,35,37)(H,32,33,34). The molecule has 2 N–H and O–H groups in total. The van der Waals surface area contributed by atoms with Gasteiger partial charge in [-0.25, -0.2) is 4.68 Å². The smallest absolute Gasteiger partial charge is 0.255 e. The number of carbonyl (C=O) groups excluding carboxylic acids is 1. The third-order valence-corrected chi connectivity index (χ3v) is 7.60. The molecule has 8 nitrogen and oxygen atoms in total. The van der Waals surface area contributed by atoms with Gasteiger partial charge in [0.25, 0.3) is 5.91 Å². The van der Waals surface area contributed by atoms with E-state index in [4.69, 9.17) is 21.1 Å². The Morgan fingerprint density at radius 2 is 1.92 bits per heavy atom. The Bertz CT molecular complexity index is 1580. The summed E-state index contributed by atoms with van der Waals surface area (Å²) in [6.07, 6.45) is 1.46. The van der Waals surface area contributed by atoms with Gasteiger partial charge in [-0.3, -0.25) is 4.79 Å². The normalized spacial score (nSPS) is 14.5. The third kappa shape index (κ3) is 5.37. The zero-order chi connectivity index (χ0) is 27.7. The number of allylic oxidation sites excluding steroid dienone is 1. The first kappa shape index (κ1) is 26.8. The molecule has 1 unspecified atom stereocenters. The first-order valence-corrected chi connectivity index (χ1v) is 13.4. The van der Waals surface area contributed by atoms with E-state index in [2.05, 4.69) is 36.6 Å². The minimum Gasteiger partial charge on any atom is -0.493 e. The van der Waals surface area contributed by atoms with E-state index < -0.39 is 6.04 Å². The summed E-state index contributed by atoms with van der Waals surface area (Å²) in [5, 5.41) is 11.4. The molecule has 200 valence electrons. The van der Waals surface area contributed by atoms with E-state index in [1.165, 1.54) is 6.33 Å². The zero-order valence-corrected chi connectivity index (χ0v) is 24.2. The van der Waals surface area contributed by atoms with Gasteiger partial charge in [0.1, 0.15) is 19.0 Å². The van der Waals surface area contributed by atoms with Crippen LogP contribution < -0.4 is 20.1 Å². The van der Waals surface area contributed by atoms with E-state index >= 15 is 0 Å². The fourth-order valence-electron chi connectivity index (χ4n) is 4.54. The first-order valence-electron chi connectivity index (χ1n) is 12.3. The number of aryl methyl sites for hydroxylation is 1. The number of rotatable bonds is 7. The molecule has 4 aromatic rings. The molecule has 1 aromatic heterocycles. The van der Waals surface area contributed by atoms with Crippen molar-refractivity contribution in [1.29, 1.82) is 0 Å². The average molecular weight is 609 g/mol. The Kier molecular flexibility index (Phi) is 7.63. The fraction of sp³-hybridized carbons (Fsp3) is 0.207. The molecule has 0 fully saturated rings. The van der Waals surface area contributed by atoms with E-state index in [1.807, 2.05) is 75.4 Å². The van der Waals surface area contributed by atoms with Crippen LogP contribution in [0.4, 0.5) is 11.6 Å². The summed E-state index contributed by atoms with van der Waals surface area (Å²) in [6, 6.07) is 16.5. The number of halogens is 2. The summed E-state index contributed by atoms with van der Waals surface area (Å²) in [5.74, 6) is 1.36. The van der Waals surface area contributed by atoms with Crippen molar-refractivity contribution in [1.82, 2.24) is 14.8 Å². The van der Waals surface area contributed by atoms with Crippen molar-refractivity contribution >= 4 is 45.1 Å². The molecule has 1 aliphatic heterocycles. The number of benzene rings is 3. The second-order valence-electron chi connectivity index (χ2n) is 9.25. The summed E-state index contributed by atoms with van der Waals surface area (Å²) < 4.78 is 14.2. The number of carbonyl (C=O) groups is 1. The lowest BCUT2D eigenvalue weighted by Gasteiger charge is -2.29. The van der Waals surface area contributed by atoms with Gasteiger partial charge in [0.15, 0.2) is 11.5 Å². The van der Waals surface area contributed by atoms with Crippen LogP contribution in [0.2, 0.25) is 5.02 Å². The highest BCUT2D eigenvalue weighted by atomic mass is 79.9. The largest absolute Gasteiger partial charge is 0.493 e. The van der Waals surface area contributed by atoms with Gasteiger partial charge in [0.05, 0.1) is 17.2 Å². The lowest BCUT2D eigenvalue weighted by atomic mass is 9.94. The molecule has 0 bridgehead atoms. The number of aromatic nitrogens is 3. The monoisotopic (exact) mass is 607 g/mol. The molecule has 0 saturated carbocycles. The van der Waals surface area contributed by atoms with Gasteiger partial charge in [-0.15, -0.1) is 0 Å². The van der Waals surface area contributed by atoms with Crippen molar-refractivity contribution in [2.45, 2.75) is 33.4 Å². The molecular formula is C29H27BrClN5O3. The molecule has 1 amide bonds. The number of hydrogen-bond acceptors (Lipinski definition) is 6. The summed E-state index contributed by atoms with van der Waals surface area (Å²) in [4.78, 5) is 18.1. The maximum atomic E-state index is 13.8. The SMILES string of the molecule is COc1cc(C2C(C(=O)Nc3cccc(C)c3C)=C(C)Nc3ncnn32)cc(Br)c1OCc1ccc(Cl)cc1. The quantitative estimate of drug-likeness (QED) is 0.239. The highest BCUT2D eigenvalue weighted by Gasteiger charge is 2.34. The van der Waals surface area contributed by atoms with Crippen LogP contribution in [-0.4, -0.2) is 27.8 Å². The van der Waals surface area contributed by atoms with Crippen LogP contribution in [-0.2, 0) is 11.4 Å². The van der Waals surface area contributed by atoms with Gasteiger partial charge in [-0.05, 0) is 89.3 Å². The number of methoxy groups -OCH3 is 1. The fourth-order valence-corrected chi connectivity index (χ4v) is 5.24. The lowest BCUT2D eigenvalue weighted by molar-refractivity contribution is -0.113. The maximum Gasteiger partial charge on any atom is 0.255 e. The van der Waals surface area contributed by atoms with Crippen LogP contribution >= 0.6 is 27.5 Å². The summed E-state index contributed by atoms with van der Waals surface area (Å²) in [5.41, 5.74) is 5.80. The number of amides is 1. The van der Waals surface area contributed by atoms with Crippen LogP contribution in [0.25, 0.3) is 0 Å². The predicted molar refractivity (Wildman–Crippen MR) is 156 cm³/mol. The zero-order valence-electron chi connectivity index (χ0n) is 21.9. The van der Waals surface area contributed by atoms with Crippen molar-refractivity contribution in [2.75, 3.05) is 17.7 Å². The number of hydrogen-bond donors (Lipinski definition) is 2. The Morgan fingerprint density at radius 1 is 1.15 bits per heavy atom. The van der Waals surface area contributed by atoms with E-state index in [0.717, 1.165) is 27.9 Å². The minimum absolute atomic E-state index is 0.238. The minimum atomic E-state index is -0.565. The van der Waals surface area contributed by atoms with Gasteiger partial charge < -0.3 is 20.1 Å². The second kappa shape index (κ2) is 11.1. The summed E-state index contributed by atoms with van der Waals surface area (Å²) in [7, 11) is 1.58. The van der Waals surface area contributed by atoms with Crippen molar-refractivity contribution in [3.05, 3.63) is 104 Å². The first-order chi connectivity index (χ1) is 18.8. The van der Waals surface area contributed by atoms with Gasteiger partial charge in [0, 0.05) is 16.4 Å². The van der Waals surface area contributed by atoms with Gasteiger partial charge in [-0.2, -0.15) is 10.1 Å². The molecule has 0 aliphatic carbocycles. The number of nitrogens with one attached hydrogen (secondary N) is 2. The average Bonchev–Trinajstić information content (AvgIpc) is 3.38. The number of anilines is 2. The third-order valence-electron chi connectivity index (χ3n) is 6.76. The Hall–Kier alpha value is -3.82. The Balaban J connectivity index is 1.52. The van der Waals surface area contributed by atoms with Crippen LogP contribution in [0.1, 0.15) is 35.2 Å². The van der Waals surface area contributed by atoms with E-state index in [-0.39, 0.29) is 5.91 Å². The lowest BCUT2D eigenvalue weighted by Crippen LogP contribution is -2.31. The van der Waals surface area contributed by atoms with Gasteiger partial charge >= 0.3 is 0 Å². The highest BCUT2D eigenvalue weighted by Crippen LogP contribution is 2.43. The molecule has 5 rings (SSSR count). The second-order valence-corrected chi connectivity index (χ2v) is 10.5. The van der Waals surface area contributed by atoms with E-state index in [1.54, 1.807) is 11.8 Å². The highest BCUT2D eigenvalue weighted by molar-refractivity contribution is 9.10. The van der Waals surface area contributed by atoms with Crippen molar-refractivity contribution < 1.29 is 14.3 Å². The molecule has 1 atom stereocenters. The molecule has 39 heavy (non-hydrogen) atoms. The van der Waals surface area contributed by atoms with Crippen LogP contribution in [0.15, 0.2) is 76.7 Å². The molecule has 0 spiro atoms. The predicted octanol–water partition coefficient (Wildman–Crippen LogP) is 6.83.